The molecule has 1 saturated heterocycles. The fraction of sp³-hybridized carbons (Fsp3) is 0.455. The highest BCUT2D eigenvalue weighted by Gasteiger charge is 2.22. The molecule has 0 aliphatic carbocycles. The fourth-order valence-electron chi connectivity index (χ4n) is 1.90. The molecule has 7 heteroatoms. The molecule has 0 aromatic carbocycles. The number of hydrogen-bond donors (Lipinski definition) is 0. The molecule has 1 aliphatic heterocycles. The van der Waals surface area contributed by atoms with Crippen molar-refractivity contribution in [2.45, 2.75) is 6.92 Å². The molecule has 7 nitrogen and oxygen atoms in total. The van der Waals surface area contributed by atoms with Crippen LogP contribution in [0, 0.1) is 6.92 Å². The van der Waals surface area contributed by atoms with E-state index in [1.165, 1.54) is 0 Å². The van der Waals surface area contributed by atoms with Gasteiger partial charge in [0.05, 0.1) is 13.2 Å². The average molecular weight is 247 g/mol. The van der Waals surface area contributed by atoms with Crippen LogP contribution in [-0.2, 0) is 4.74 Å². The van der Waals surface area contributed by atoms with E-state index in [1.54, 1.807) is 15.6 Å². The van der Waals surface area contributed by atoms with Crippen molar-refractivity contribution in [1.29, 1.82) is 0 Å². The summed E-state index contributed by atoms with van der Waals surface area (Å²) >= 11 is 0. The van der Waals surface area contributed by atoms with Gasteiger partial charge in [-0.25, -0.2) is 9.50 Å². The number of carbonyl (C=O) groups is 1. The van der Waals surface area contributed by atoms with Crippen molar-refractivity contribution in [2.24, 2.45) is 0 Å². The summed E-state index contributed by atoms with van der Waals surface area (Å²) < 4.78 is 6.79. The van der Waals surface area contributed by atoms with Crippen molar-refractivity contribution in [3.8, 4) is 0 Å². The van der Waals surface area contributed by atoms with Gasteiger partial charge >= 0.3 is 0 Å². The number of carbonyl (C=O) groups excluding carboxylic acids is 1. The molecule has 94 valence electrons. The minimum atomic E-state index is -0.164. The number of aromatic nitrogens is 4. The van der Waals surface area contributed by atoms with Crippen molar-refractivity contribution in [2.75, 3.05) is 26.3 Å². The summed E-state index contributed by atoms with van der Waals surface area (Å²) in [5.74, 6) is 0.480. The van der Waals surface area contributed by atoms with Crippen LogP contribution in [-0.4, -0.2) is 56.7 Å². The third kappa shape index (κ3) is 1.82. The third-order valence-corrected chi connectivity index (χ3v) is 2.92. The first kappa shape index (κ1) is 11.1. The van der Waals surface area contributed by atoms with Crippen LogP contribution in [0.5, 0.6) is 0 Å². The van der Waals surface area contributed by atoms with Gasteiger partial charge in [-0.3, -0.25) is 4.79 Å². The molecule has 0 N–H and O–H groups in total. The lowest BCUT2D eigenvalue weighted by Gasteiger charge is -2.25. The minimum Gasteiger partial charge on any atom is -0.378 e. The average Bonchev–Trinajstić information content (AvgIpc) is 2.84. The molecule has 0 radical (unpaired) electrons. The number of amides is 1. The lowest BCUT2D eigenvalue weighted by Crippen LogP contribution is -2.41. The SMILES string of the molecule is Cc1ccnc2nc(C(=O)N3CCOCC3)nn12. The minimum absolute atomic E-state index is 0.164. The second kappa shape index (κ2) is 4.34. The first-order chi connectivity index (χ1) is 8.75. The van der Waals surface area contributed by atoms with Gasteiger partial charge in [0.2, 0.25) is 5.82 Å². The van der Waals surface area contributed by atoms with E-state index < -0.39 is 0 Å². The number of fused-ring (bicyclic) bond motifs is 1. The van der Waals surface area contributed by atoms with Crippen molar-refractivity contribution >= 4 is 11.7 Å². The van der Waals surface area contributed by atoms with Crippen LogP contribution in [0.2, 0.25) is 0 Å². The van der Waals surface area contributed by atoms with Crippen molar-refractivity contribution < 1.29 is 9.53 Å². The smallest absolute Gasteiger partial charge is 0.293 e. The lowest BCUT2D eigenvalue weighted by molar-refractivity contribution is 0.0295. The molecule has 3 heterocycles. The predicted molar refractivity (Wildman–Crippen MR) is 62.2 cm³/mol. The van der Waals surface area contributed by atoms with E-state index in [-0.39, 0.29) is 11.7 Å². The van der Waals surface area contributed by atoms with Crippen molar-refractivity contribution in [3.05, 3.63) is 23.8 Å². The Morgan fingerprint density at radius 3 is 2.89 bits per heavy atom. The van der Waals surface area contributed by atoms with E-state index in [4.69, 9.17) is 4.74 Å². The van der Waals surface area contributed by atoms with Gasteiger partial charge in [0.1, 0.15) is 0 Å². The number of hydrogen-bond acceptors (Lipinski definition) is 5. The van der Waals surface area contributed by atoms with Gasteiger partial charge in [-0.1, -0.05) is 0 Å². The largest absolute Gasteiger partial charge is 0.378 e. The maximum Gasteiger partial charge on any atom is 0.293 e. The molecule has 0 bridgehead atoms. The maximum atomic E-state index is 12.2. The standard InChI is InChI=1S/C11H13N5O2/c1-8-2-3-12-11-13-9(14-16(8)11)10(17)15-4-6-18-7-5-15/h2-3H,4-7H2,1H3. The Hall–Kier alpha value is -2.02. The summed E-state index contributed by atoms with van der Waals surface area (Å²) in [6.45, 7) is 4.20. The Morgan fingerprint density at radius 2 is 2.17 bits per heavy atom. The zero-order valence-electron chi connectivity index (χ0n) is 10.0. The number of nitrogens with zero attached hydrogens (tertiary/aromatic N) is 5. The Bertz CT molecular complexity index is 588. The maximum absolute atomic E-state index is 12.2. The van der Waals surface area contributed by atoms with E-state index in [9.17, 15) is 4.79 Å². The molecule has 0 unspecified atom stereocenters. The van der Waals surface area contributed by atoms with Gasteiger partial charge in [-0.15, -0.1) is 5.10 Å². The van der Waals surface area contributed by atoms with E-state index in [0.717, 1.165) is 5.69 Å². The van der Waals surface area contributed by atoms with Crippen LogP contribution >= 0.6 is 0 Å². The van der Waals surface area contributed by atoms with Crippen molar-refractivity contribution in [1.82, 2.24) is 24.5 Å². The van der Waals surface area contributed by atoms with Crippen LogP contribution in [0.3, 0.4) is 0 Å². The van der Waals surface area contributed by atoms with Gasteiger partial charge < -0.3 is 9.64 Å². The Labute approximate surface area is 103 Å². The molecule has 2 aromatic rings. The summed E-state index contributed by atoms with van der Waals surface area (Å²) in [5.41, 5.74) is 0.897. The number of rotatable bonds is 1. The van der Waals surface area contributed by atoms with E-state index in [1.807, 2.05) is 13.0 Å². The van der Waals surface area contributed by atoms with Gasteiger partial charge in [0.15, 0.2) is 0 Å². The lowest BCUT2D eigenvalue weighted by atomic mass is 10.4. The van der Waals surface area contributed by atoms with Gasteiger partial charge in [-0.2, -0.15) is 4.98 Å². The second-order valence-corrected chi connectivity index (χ2v) is 4.14. The van der Waals surface area contributed by atoms with Gasteiger partial charge in [0, 0.05) is 25.0 Å². The highest BCUT2D eigenvalue weighted by molar-refractivity contribution is 5.90. The summed E-state index contributed by atoms with van der Waals surface area (Å²) in [7, 11) is 0. The molecule has 1 amide bonds. The molecule has 1 fully saturated rings. The Balaban J connectivity index is 1.94. The summed E-state index contributed by atoms with van der Waals surface area (Å²) in [6, 6.07) is 1.82. The second-order valence-electron chi connectivity index (χ2n) is 4.14. The van der Waals surface area contributed by atoms with Crippen LogP contribution < -0.4 is 0 Å². The van der Waals surface area contributed by atoms with Crippen LogP contribution in [0.4, 0.5) is 0 Å². The quantitative estimate of drug-likeness (QED) is 0.704. The van der Waals surface area contributed by atoms with Crippen molar-refractivity contribution in [3.63, 3.8) is 0 Å². The Kier molecular flexibility index (Phi) is 2.67. The van der Waals surface area contributed by atoms with Crippen LogP contribution in [0.25, 0.3) is 5.78 Å². The number of ether oxygens (including phenoxy) is 1. The molecule has 1 aliphatic rings. The topological polar surface area (TPSA) is 72.6 Å². The molecule has 0 spiro atoms. The van der Waals surface area contributed by atoms with Crippen LogP contribution in [0.1, 0.15) is 16.3 Å². The molecular formula is C11H13N5O2. The summed E-state index contributed by atoms with van der Waals surface area (Å²) in [6.07, 6.45) is 1.66. The Morgan fingerprint density at radius 1 is 1.39 bits per heavy atom. The first-order valence-electron chi connectivity index (χ1n) is 5.81. The van der Waals surface area contributed by atoms with E-state index in [0.29, 0.717) is 32.1 Å². The normalized spacial score (nSPS) is 16.2. The highest BCUT2D eigenvalue weighted by Crippen LogP contribution is 2.06. The monoisotopic (exact) mass is 247 g/mol. The molecule has 0 saturated carbocycles. The third-order valence-electron chi connectivity index (χ3n) is 2.92. The predicted octanol–water partition coefficient (Wildman–Crippen LogP) is -0.0949. The van der Waals surface area contributed by atoms with E-state index >= 15 is 0 Å². The number of morpholine rings is 1. The van der Waals surface area contributed by atoms with Gasteiger partial charge in [-0.05, 0) is 13.0 Å². The van der Waals surface area contributed by atoms with E-state index in [2.05, 4.69) is 15.1 Å². The van der Waals surface area contributed by atoms with Gasteiger partial charge in [0.25, 0.3) is 11.7 Å². The summed E-state index contributed by atoms with van der Waals surface area (Å²) in [5, 5.41) is 4.20. The summed E-state index contributed by atoms with van der Waals surface area (Å²) in [4.78, 5) is 22.1. The molecule has 0 atom stereocenters. The molecule has 2 aromatic heterocycles. The zero-order chi connectivity index (χ0) is 12.5. The zero-order valence-corrected chi connectivity index (χ0v) is 10.0. The highest BCUT2D eigenvalue weighted by atomic mass is 16.5. The first-order valence-corrected chi connectivity index (χ1v) is 5.81. The fourth-order valence-corrected chi connectivity index (χ4v) is 1.90. The van der Waals surface area contributed by atoms with Crippen LogP contribution in [0.15, 0.2) is 12.3 Å². The molecule has 3 rings (SSSR count). The number of aryl methyl sites for hydroxylation is 1. The molecular weight excluding hydrogens is 234 g/mol. The molecule has 18 heavy (non-hydrogen) atoms.